The fourth-order valence-electron chi connectivity index (χ4n) is 4.25. The van der Waals surface area contributed by atoms with Crippen molar-refractivity contribution < 1.29 is 27.5 Å². The summed E-state index contributed by atoms with van der Waals surface area (Å²) in [6.45, 7) is 4.60. The molecular formula is C21H29N3O6S. The van der Waals surface area contributed by atoms with Gasteiger partial charge in [0.25, 0.3) is 0 Å². The van der Waals surface area contributed by atoms with E-state index >= 15 is 0 Å². The molecule has 0 unspecified atom stereocenters. The quantitative estimate of drug-likeness (QED) is 0.447. The van der Waals surface area contributed by atoms with Gasteiger partial charge in [-0.15, -0.1) is 0 Å². The summed E-state index contributed by atoms with van der Waals surface area (Å²) in [7, 11) is -2.01. The number of hydrogen-bond acceptors (Lipinski definition) is 7. The van der Waals surface area contributed by atoms with Gasteiger partial charge >= 0.3 is 5.97 Å². The molecule has 170 valence electrons. The van der Waals surface area contributed by atoms with Crippen molar-refractivity contribution in [1.29, 1.82) is 0 Å². The number of carbonyl (C=O) groups is 2. The number of carbonyl (C=O) groups excluding carboxylic acids is 2. The van der Waals surface area contributed by atoms with E-state index in [0.717, 1.165) is 6.26 Å². The summed E-state index contributed by atoms with van der Waals surface area (Å²) in [5.74, 6) is 0.0701. The van der Waals surface area contributed by atoms with E-state index in [1.807, 2.05) is 6.92 Å². The summed E-state index contributed by atoms with van der Waals surface area (Å²) in [4.78, 5) is 30.3. The molecule has 0 saturated carbocycles. The molecule has 0 aromatic carbocycles. The van der Waals surface area contributed by atoms with Crippen LogP contribution in [0.25, 0.3) is 5.65 Å². The Kier molecular flexibility index (Phi) is 6.70. The van der Waals surface area contributed by atoms with Crippen molar-refractivity contribution in [2.75, 3.05) is 33.1 Å². The van der Waals surface area contributed by atoms with Gasteiger partial charge in [-0.25, -0.2) is 17.7 Å². The molecule has 31 heavy (non-hydrogen) atoms. The number of Topliss-reactive ketones (excluding diaryl/α,β-unsaturated/α-hetero) is 1. The second-order valence-corrected chi connectivity index (χ2v) is 9.88. The summed E-state index contributed by atoms with van der Waals surface area (Å²) >= 11 is 0. The average Bonchev–Trinajstić information content (AvgIpc) is 3.08. The lowest BCUT2D eigenvalue weighted by Crippen LogP contribution is -2.46. The van der Waals surface area contributed by atoms with Crippen molar-refractivity contribution in [2.24, 2.45) is 5.41 Å². The molecule has 1 aliphatic heterocycles. The summed E-state index contributed by atoms with van der Waals surface area (Å²) < 4.78 is 37.4. The first kappa shape index (κ1) is 23.2. The highest BCUT2D eigenvalue weighted by Gasteiger charge is 2.44. The van der Waals surface area contributed by atoms with E-state index in [9.17, 15) is 18.0 Å². The smallest absolute Gasteiger partial charge is 0.311 e. The highest BCUT2D eigenvalue weighted by molar-refractivity contribution is 7.88. The van der Waals surface area contributed by atoms with Gasteiger partial charge in [-0.3, -0.25) is 14.0 Å². The number of pyridine rings is 1. The van der Waals surface area contributed by atoms with Gasteiger partial charge in [-0.05, 0) is 45.2 Å². The first-order chi connectivity index (χ1) is 14.6. The summed E-state index contributed by atoms with van der Waals surface area (Å²) in [6.07, 6.45) is 3.98. The average molecular weight is 452 g/mol. The molecule has 1 saturated heterocycles. The molecule has 0 spiro atoms. The molecule has 3 heterocycles. The molecule has 0 radical (unpaired) electrons. The third-order valence-corrected chi connectivity index (χ3v) is 7.25. The van der Waals surface area contributed by atoms with E-state index < -0.39 is 21.4 Å². The zero-order valence-electron chi connectivity index (χ0n) is 18.4. The number of ketones is 1. The van der Waals surface area contributed by atoms with Crippen LogP contribution in [0.3, 0.4) is 0 Å². The van der Waals surface area contributed by atoms with Crippen LogP contribution < -0.4 is 4.74 Å². The standard InChI is InChI=1S/C21H29N3O6S/c1-5-30-17-7-6-12-24-18(15(2)22-19(17)24)16(25)8-9-21(20(26)29-3)10-13-23(14-11-21)31(4,27)28/h6-7,12H,5,8-11,13-14H2,1-4H3. The van der Waals surface area contributed by atoms with Gasteiger partial charge in [0.15, 0.2) is 17.2 Å². The van der Waals surface area contributed by atoms with Crippen LogP contribution in [0, 0.1) is 12.3 Å². The molecule has 3 rings (SSSR count). The lowest BCUT2D eigenvalue weighted by molar-refractivity contribution is -0.155. The third kappa shape index (κ3) is 4.59. The number of sulfonamides is 1. The fourth-order valence-corrected chi connectivity index (χ4v) is 5.10. The fraction of sp³-hybridized carbons (Fsp3) is 0.571. The first-order valence-corrected chi connectivity index (χ1v) is 12.1. The molecule has 2 aromatic heterocycles. The van der Waals surface area contributed by atoms with Gasteiger partial charge < -0.3 is 9.47 Å². The number of ether oxygens (including phenoxy) is 2. The molecule has 0 amide bonds. The number of aryl methyl sites for hydroxylation is 1. The maximum atomic E-state index is 13.2. The number of fused-ring (bicyclic) bond motifs is 1. The number of methoxy groups -OCH3 is 1. The predicted molar refractivity (Wildman–Crippen MR) is 115 cm³/mol. The molecule has 0 atom stereocenters. The number of esters is 1. The third-order valence-electron chi connectivity index (χ3n) is 5.95. The van der Waals surface area contributed by atoms with Crippen LogP contribution >= 0.6 is 0 Å². The molecule has 0 aliphatic carbocycles. The molecule has 1 fully saturated rings. The second kappa shape index (κ2) is 8.96. The van der Waals surface area contributed by atoms with Gasteiger partial charge in [-0.2, -0.15) is 0 Å². The Bertz CT molecular complexity index is 1080. The van der Waals surface area contributed by atoms with Gasteiger partial charge in [0.05, 0.1) is 31.1 Å². The Hall–Kier alpha value is -2.46. The maximum Gasteiger partial charge on any atom is 0.311 e. The lowest BCUT2D eigenvalue weighted by atomic mass is 9.74. The second-order valence-electron chi connectivity index (χ2n) is 7.90. The molecule has 0 N–H and O–H groups in total. The minimum Gasteiger partial charge on any atom is -0.490 e. The van der Waals surface area contributed by atoms with Crippen LogP contribution in [-0.4, -0.2) is 66.9 Å². The number of aromatic nitrogens is 2. The Balaban J connectivity index is 1.82. The summed E-state index contributed by atoms with van der Waals surface area (Å²) in [6, 6.07) is 3.61. The minimum atomic E-state index is -3.32. The van der Waals surface area contributed by atoms with Gasteiger partial charge in [0.1, 0.15) is 5.69 Å². The van der Waals surface area contributed by atoms with E-state index in [1.54, 1.807) is 29.7 Å². The largest absolute Gasteiger partial charge is 0.490 e. The van der Waals surface area contributed by atoms with Crippen LogP contribution in [0.1, 0.15) is 48.8 Å². The zero-order valence-corrected chi connectivity index (χ0v) is 19.2. The maximum absolute atomic E-state index is 13.2. The Morgan fingerprint density at radius 3 is 2.52 bits per heavy atom. The number of nitrogens with zero attached hydrogens (tertiary/aromatic N) is 3. The number of rotatable bonds is 8. The zero-order chi connectivity index (χ0) is 22.8. The number of piperidine rings is 1. The summed E-state index contributed by atoms with van der Waals surface area (Å²) in [5.41, 5.74) is 0.756. The predicted octanol–water partition coefficient (Wildman–Crippen LogP) is 2.22. The van der Waals surface area contributed by atoms with Gasteiger partial charge in [0, 0.05) is 25.7 Å². The highest BCUT2D eigenvalue weighted by Crippen LogP contribution is 2.38. The van der Waals surface area contributed by atoms with Crippen LogP contribution in [0.15, 0.2) is 18.3 Å². The first-order valence-electron chi connectivity index (χ1n) is 10.3. The van der Waals surface area contributed by atoms with Crippen LogP contribution in [-0.2, 0) is 19.6 Å². The van der Waals surface area contributed by atoms with Crippen LogP contribution in [0.4, 0.5) is 0 Å². The van der Waals surface area contributed by atoms with Crippen molar-refractivity contribution in [3.05, 3.63) is 29.7 Å². The Labute approximate surface area is 182 Å². The molecule has 0 bridgehead atoms. The number of imidazole rings is 1. The van der Waals surface area contributed by atoms with Gasteiger partial charge in [-0.1, -0.05) is 0 Å². The van der Waals surface area contributed by atoms with Gasteiger partial charge in [0.2, 0.25) is 10.0 Å². The van der Waals surface area contributed by atoms with E-state index in [4.69, 9.17) is 9.47 Å². The van der Waals surface area contributed by atoms with Crippen LogP contribution in [0.5, 0.6) is 5.75 Å². The van der Waals surface area contributed by atoms with Crippen molar-refractivity contribution in [3.8, 4) is 5.75 Å². The monoisotopic (exact) mass is 451 g/mol. The summed E-state index contributed by atoms with van der Waals surface area (Å²) in [5, 5.41) is 0. The topological polar surface area (TPSA) is 107 Å². The van der Waals surface area contributed by atoms with E-state index in [0.29, 0.717) is 42.2 Å². The minimum absolute atomic E-state index is 0.126. The van der Waals surface area contributed by atoms with E-state index in [2.05, 4.69) is 4.98 Å². The van der Waals surface area contributed by atoms with Crippen molar-refractivity contribution in [1.82, 2.24) is 13.7 Å². The normalized spacial score (nSPS) is 16.9. The molecular weight excluding hydrogens is 422 g/mol. The van der Waals surface area contributed by atoms with Crippen molar-refractivity contribution >= 4 is 27.4 Å². The van der Waals surface area contributed by atoms with Crippen molar-refractivity contribution in [2.45, 2.75) is 39.5 Å². The molecule has 2 aromatic rings. The lowest BCUT2D eigenvalue weighted by Gasteiger charge is -2.38. The Morgan fingerprint density at radius 1 is 1.26 bits per heavy atom. The number of hydrogen-bond donors (Lipinski definition) is 0. The Morgan fingerprint density at radius 2 is 1.94 bits per heavy atom. The molecule has 1 aliphatic rings. The molecule has 10 heteroatoms. The van der Waals surface area contributed by atoms with Crippen LogP contribution in [0.2, 0.25) is 0 Å². The molecule has 9 nitrogen and oxygen atoms in total. The highest BCUT2D eigenvalue weighted by atomic mass is 32.2. The van der Waals surface area contributed by atoms with Crippen molar-refractivity contribution in [3.63, 3.8) is 0 Å². The van der Waals surface area contributed by atoms with E-state index in [1.165, 1.54) is 11.4 Å². The SMILES string of the molecule is CCOc1cccn2c(C(=O)CCC3(C(=O)OC)CCN(S(C)(=O)=O)CC3)c(C)nc12. The van der Waals surface area contributed by atoms with E-state index in [-0.39, 0.29) is 31.7 Å².